The zero-order valence-corrected chi connectivity index (χ0v) is 16.1. The van der Waals surface area contributed by atoms with Crippen molar-refractivity contribution in [3.63, 3.8) is 0 Å². The highest BCUT2D eigenvalue weighted by molar-refractivity contribution is 5.91. The molecular weight excluding hydrogens is 370 g/mol. The number of ketones is 1. The first kappa shape index (κ1) is 17.7. The van der Waals surface area contributed by atoms with Gasteiger partial charge < -0.3 is 14.5 Å². The predicted octanol–water partition coefficient (Wildman–Crippen LogP) is 3.72. The summed E-state index contributed by atoms with van der Waals surface area (Å²) in [5.41, 5.74) is 2.19. The van der Waals surface area contributed by atoms with Crippen LogP contribution in [-0.4, -0.2) is 38.5 Å². The van der Waals surface area contributed by atoms with Gasteiger partial charge in [-0.05, 0) is 31.5 Å². The summed E-state index contributed by atoms with van der Waals surface area (Å²) < 4.78 is 13.6. The summed E-state index contributed by atoms with van der Waals surface area (Å²) in [6, 6.07) is 7.45. The number of aromatic nitrogens is 4. The average molecular weight is 391 g/mol. The number of rotatable bonds is 6. The molecule has 8 nitrogen and oxygen atoms in total. The van der Waals surface area contributed by atoms with Crippen LogP contribution in [0, 0.1) is 5.92 Å². The zero-order valence-electron chi connectivity index (χ0n) is 16.1. The van der Waals surface area contributed by atoms with E-state index >= 15 is 0 Å². The summed E-state index contributed by atoms with van der Waals surface area (Å²) in [5, 5.41) is 8.74. The molecule has 0 aliphatic heterocycles. The largest absolute Gasteiger partial charge is 0.476 e. The van der Waals surface area contributed by atoms with Crippen molar-refractivity contribution in [1.82, 2.24) is 19.6 Å². The van der Waals surface area contributed by atoms with Crippen molar-refractivity contribution in [2.45, 2.75) is 26.2 Å². The van der Waals surface area contributed by atoms with Crippen LogP contribution < -0.4 is 10.1 Å². The van der Waals surface area contributed by atoms with Crippen LogP contribution in [0.4, 0.5) is 5.82 Å². The number of nitrogens with zero attached hydrogens (tertiary/aromatic N) is 4. The Morgan fingerprint density at radius 2 is 2.24 bits per heavy atom. The third-order valence-electron chi connectivity index (χ3n) is 5.19. The van der Waals surface area contributed by atoms with Crippen molar-refractivity contribution < 1.29 is 13.9 Å². The molecule has 0 amide bonds. The van der Waals surface area contributed by atoms with E-state index < -0.39 is 0 Å². The molecule has 1 atom stereocenters. The number of pyridine rings is 1. The van der Waals surface area contributed by atoms with Crippen LogP contribution in [0.5, 0.6) is 5.88 Å². The normalized spacial score (nSPS) is 16.7. The summed E-state index contributed by atoms with van der Waals surface area (Å²) >= 11 is 0. The Morgan fingerprint density at radius 1 is 1.31 bits per heavy atom. The molecule has 0 saturated heterocycles. The summed E-state index contributed by atoms with van der Waals surface area (Å²) in [7, 11) is 0. The monoisotopic (exact) mass is 391 g/mol. The highest BCUT2D eigenvalue weighted by Gasteiger charge is 2.23. The molecule has 0 unspecified atom stereocenters. The second-order valence-corrected chi connectivity index (χ2v) is 7.26. The Morgan fingerprint density at radius 3 is 3.07 bits per heavy atom. The van der Waals surface area contributed by atoms with E-state index in [4.69, 9.17) is 9.15 Å². The molecule has 5 rings (SSSR count). The molecule has 4 aromatic heterocycles. The van der Waals surface area contributed by atoms with E-state index in [1.807, 2.05) is 25.1 Å². The minimum Gasteiger partial charge on any atom is -0.476 e. The van der Waals surface area contributed by atoms with Gasteiger partial charge in [-0.15, -0.1) is 5.10 Å². The van der Waals surface area contributed by atoms with Crippen LogP contribution in [0.1, 0.15) is 26.2 Å². The fourth-order valence-electron chi connectivity index (χ4n) is 3.74. The van der Waals surface area contributed by atoms with E-state index in [-0.39, 0.29) is 5.92 Å². The summed E-state index contributed by atoms with van der Waals surface area (Å²) in [6.07, 6.45) is 5.60. The minimum absolute atomic E-state index is 0.273. The van der Waals surface area contributed by atoms with Gasteiger partial charge in [0.2, 0.25) is 5.88 Å². The number of hydrogen-bond acceptors (Lipinski definition) is 7. The molecule has 0 aromatic carbocycles. The predicted molar refractivity (Wildman–Crippen MR) is 108 cm³/mol. The molecule has 1 fully saturated rings. The lowest BCUT2D eigenvalue weighted by Gasteiger charge is -2.10. The molecule has 4 aromatic rings. The Kier molecular flexibility index (Phi) is 4.38. The van der Waals surface area contributed by atoms with Gasteiger partial charge >= 0.3 is 0 Å². The standard InChI is InChI=1S/C21H21N5O3/c1-2-22-21-15-10-18(29-17(15)7-8-23-21)16-11-24-19-5-6-20(25-26(16)19)28-12-13-3-4-14(27)9-13/h5-8,10-11,13H,2-4,9,12H2,1H3,(H,22,23)/t13-/m0/s1. The molecule has 1 N–H and O–H groups in total. The van der Waals surface area contributed by atoms with E-state index in [1.165, 1.54) is 0 Å². The van der Waals surface area contributed by atoms with Gasteiger partial charge in [-0.2, -0.15) is 0 Å². The second-order valence-electron chi connectivity index (χ2n) is 7.26. The first-order valence-electron chi connectivity index (χ1n) is 9.83. The Hall–Kier alpha value is -3.42. The number of Topliss-reactive ketones (excluding diaryl/α,β-unsaturated/α-hetero) is 1. The molecule has 4 heterocycles. The van der Waals surface area contributed by atoms with E-state index in [1.54, 1.807) is 23.0 Å². The van der Waals surface area contributed by atoms with Gasteiger partial charge in [0.25, 0.3) is 0 Å². The molecule has 148 valence electrons. The smallest absolute Gasteiger partial charge is 0.231 e. The third kappa shape index (κ3) is 3.30. The molecule has 0 radical (unpaired) electrons. The number of nitrogens with one attached hydrogen (secondary N) is 1. The summed E-state index contributed by atoms with van der Waals surface area (Å²) in [6.45, 7) is 3.30. The second kappa shape index (κ2) is 7.20. The van der Waals surface area contributed by atoms with Crippen LogP contribution in [0.25, 0.3) is 28.1 Å². The van der Waals surface area contributed by atoms with Gasteiger partial charge in [0, 0.05) is 37.6 Å². The van der Waals surface area contributed by atoms with Gasteiger partial charge in [-0.25, -0.2) is 14.5 Å². The van der Waals surface area contributed by atoms with Crippen molar-refractivity contribution >= 4 is 28.2 Å². The van der Waals surface area contributed by atoms with Gasteiger partial charge in [0.1, 0.15) is 22.9 Å². The van der Waals surface area contributed by atoms with Gasteiger partial charge in [-0.3, -0.25) is 4.79 Å². The molecule has 1 aliphatic rings. The lowest BCUT2D eigenvalue weighted by Crippen LogP contribution is -2.10. The minimum atomic E-state index is 0.273. The molecule has 8 heteroatoms. The number of fused-ring (bicyclic) bond motifs is 2. The number of furan rings is 1. The van der Waals surface area contributed by atoms with Crippen LogP contribution >= 0.6 is 0 Å². The molecule has 0 bridgehead atoms. The van der Waals surface area contributed by atoms with Gasteiger partial charge in [-0.1, -0.05) is 0 Å². The molecule has 0 spiro atoms. The van der Waals surface area contributed by atoms with Crippen LogP contribution in [0.15, 0.2) is 41.1 Å². The summed E-state index contributed by atoms with van der Waals surface area (Å²) in [4.78, 5) is 20.2. The quantitative estimate of drug-likeness (QED) is 0.535. The maximum absolute atomic E-state index is 11.4. The van der Waals surface area contributed by atoms with E-state index in [0.717, 1.165) is 35.4 Å². The van der Waals surface area contributed by atoms with E-state index in [2.05, 4.69) is 20.4 Å². The topological polar surface area (TPSA) is 94.5 Å². The van der Waals surface area contributed by atoms with Gasteiger partial charge in [0.05, 0.1) is 18.2 Å². The highest BCUT2D eigenvalue weighted by atomic mass is 16.5. The van der Waals surface area contributed by atoms with E-state index in [9.17, 15) is 4.79 Å². The van der Waals surface area contributed by atoms with Crippen LogP contribution in [-0.2, 0) is 4.79 Å². The Labute approximate surface area is 166 Å². The molecule has 1 saturated carbocycles. The molecular formula is C21H21N5O3. The zero-order chi connectivity index (χ0) is 19.8. The fraction of sp³-hybridized carbons (Fsp3) is 0.333. The maximum Gasteiger partial charge on any atom is 0.231 e. The van der Waals surface area contributed by atoms with Crippen molar-refractivity contribution in [2.75, 3.05) is 18.5 Å². The van der Waals surface area contributed by atoms with Crippen molar-refractivity contribution in [3.05, 3.63) is 36.7 Å². The van der Waals surface area contributed by atoms with Crippen LogP contribution in [0.2, 0.25) is 0 Å². The Bertz CT molecular complexity index is 1200. The molecule has 1 aliphatic carbocycles. The number of anilines is 1. The highest BCUT2D eigenvalue weighted by Crippen LogP contribution is 2.31. The van der Waals surface area contributed by atoms with Crippen LogP contribution in [0.3, 0.4) is 0 Å². The van der Waals surface area contributed by atoms with Gasteiger partial charge in [0.15, 0.2) is 11.4 Å². The first-order chi connectivity index (χ1) is 14.2. The number of carbonyl (C=O) groups is 1. The number of ether oxygens (including phenoxy) is 1. The fourth-order valence-corrected chi connectivity index (χ4v) is 3.74. The van der Waals surface area contributed by atoms with Crippen molar-refractivity contribution in [2.24, 2.45) is 5.92 Å². The summed E-state index contributed by atoms with van der Waals surface area (Å²) in [5.74, 6) is 2.54. The lowest BCUT2D eigenvalue weighted by atomic mass is 10.1. The third-order valence-corrected chi connectivity index (χ3v) is 5.19. The van der Waals surface area contributed by atoms with Crippen molar-refractivity contribution in [1.29, 1.82) is 0 Å². The van der Waals surface area contributed by atoms with Crippen molar-refractivity contribution in [3.8, 4) is 17.3 Å². The lowest BCUT2D eigenvalue weighted by molar-refractivity contribution is -0.117. The first-order valence-corrected chi connectivity index (χ1v) is 9.83. The maximum atomic E-state index is 11.4. The number of carbonyl (C=O) groups excluding carboxylic acids is 1. The Balaban J connectivity index is 1.46. The number of hydrogen-bond donors (Lipinski definition) is 1. The average Bonchev–Trinajstić information content (AvgIpc) is 3.44. The van der Waals surface area contributed by atoms with E-state index in [0.29, 0.717) is 42.5 Å². The SMILES string of the molecule is CCNc1nccc2oc(-c3cnc4ccc(OC[C@H]5CCC(=O)C5)nn34)cc12. The molecule has 29 heavy (non-hydrogen) atoms. The number of imidazole rings is 1.